The fourth-order valence-corrected chi connectivity index (χ4v) is 3.64. The van der Waals surface area contributed by atoms with Crippen LogP contribution in [0.3, 0.4) is 0 Å². The van der Waals surface area contributed by atoms with Crippen LogP contribution in [-0.4, -0.2) is 62.5 Å². The SMILES string of the molecule is Cn1cc(C(=O)NCc2cnc3n2CCN(C2CCOC2)CC3)cn1. The molecule has 1 fully saturated rings. The number of aromatic nitrogens is 4. The summed E-state index contributed by atoms with van der Waals surface area (Å²) < 4.78 is 9.40. The summed E-state index contributed by atoms with van der Waals surface area (Å²) in [4.78, 5) is 19.3. The minimum absolute atomic E-state index is 0.109. The summed E-state index contributed by atoms with van der Waals surface area (Å²) in [5.74, 6) is 0.994. The largest absolute Gasteiger partial charge is 0.380 e. The van der Waals surface area contributed by atoms with E-state index in [0.29, 0.717) is 18.2 Å². The van der Waals surface area contributed by atoms with E-state index in [0.717, 1.165) is 57.2 Å². The third-order valence-electron chi connectivity index (χ3n) is 5.07. The molecule has 1 saturated heterocycles. The van der Waals surface area contributed by atoms with Crippen LogP contribution in [0.25, 0.3) is 0 Å². The van der Waals surface area contributed by atoms with E-state index in [4.69, 9.17) is 4.74 Å². The standard InChI is InChI=1S/C17H24N6O2/c1-21-11-13(8-20-21)17(24)19-10-15-9-18-16-2-4-22(5-6-23(15)16)14-3-7-25-12-14/h8-9,11,14H,2-7,10,12H2,1H3,(H,19,24). The summed E-state index contributed by atoms with van der Waals surface area (Å²) in [6, 6.07) is 0.540. The van der Waals surface area contributed by atoms with E-state index < -0.39 is 0 Å². The Hall–Kier alpha value is -2.19. The van der Waals surface area contributed by atoms with E-state index in [1.54, 1.807) is 24.1 Å². The quantitative estimate of drug-likeness (QED) is 0.857. The van der Waals surface area contributed by atoms with E-state index in [1.165, 1.54) is 0 Å². The van der Waals surface area contributed by atoms with Crippen LogP contribution in [-0.2, 0) is 31.3 Å². The fourth-order valence-electron chi connectivity index (χ4n) is 3.64. The van der Waals surface area contributed by atoms with E-state index in [2.05, 4.69) is 24.9 Å². The van der Waals surface area contributed by atoms with Crippen molar-refractivity contribution in [2.45, 2.75) is 32.0 Å². The van der Waals surface area contributed by atoms with Gasteiger partial charge in [-0.05, 0) is 6.42 Å². The summed E-state index contributed by atoms with van der Waals surface area (Å²) in [7, 11) is 1.80. The van der Waals surface area contributed by atoms with Crippen LogP contribution in [0.4, 0.5) is 0 Å². The Morgan fingerprint density at radius 2 is 2.28 bits per heavy atom. The van der Waals surface area contributed by atoms with Gasteiger partial charge in [-0.1, -0.05) is 0 Å². The molecule has 0 spiro atoms. The van der Waals surface area contributed by atoms with Gasteiger partial charge in [0.2, 0.25) is 0 Å². The van der Waals surface area contributed by atoms with E-state index in [1.807, 2.05) is 6.20 Å². The van der Waals surface area contributed by atoms with Gasteiger partial charge in [0.05, 0.1) is 36.8 Å². The Labute approximate surface area is 146 Å². The molecule has 1 unspecified atom stereocenters. The molecule has 0 aliphatic carbocycles. The third kappa shape index (κ3) is 3.45. The zero-order chi connectivity index (χ0) is 17.2. The number of hydrogen-bond donors (Lipinski definition) is 1. The number of hydrogen-bond acceptors (Lipinski definition) is 5. The molecule has 0 saturated carbocycles. The first kappa shape index (κ1) is 16.3. The van der Waals surface area contributed by atoms with Gasteiger partial charge in [0.25, 0.3) is 5.91 Å². The first-order valence-corrected chi connectivity index (χ1v) is 8.82. The zero-order valence-corrected chi connectivity index (χ0v) is 14.5. The first-order valence-electron chi connectivity index (χ1n) is 8.82. The highest BCUT2D eigenvalue weighted by Crippen LogP contribution is 2.17. The lowest BCUT2D eigenvalue weighted by atomic mass is 10.2. The molecule has 0 bridgehead atoms. The van der Waals surface area contributed by atoms with Gasteiger partial charge in [-0.25, -0.2) is 4.98 Å². The van der Waals surface area contributed by atoms with Crippen LogP contribution in [0, 0.1) is 0 Å². The molecule has 2 aromatic heterocycles. The molecule has 0 aromatic carbocycles. The molecule has 1 atom stereocenters. The molecule has 8 heteroatoms. The summed E-state index contributed by atoms with van der Waals surface area (Å²) in [5.41, 5.74) is 1.63. The number of carbonyl (C=O) groups excluding carboxylic acids is 1. The molecule has 1 amide bonds. The van der Waals surface area contributed by atoms with Crippen LogP contribution in [0.2, 0.25) is 0 Å². The van der Waals surface area contributed by atoms with E-state index >= 15 is 0 Å². The van der Waals surface area contributed by atoms with Crippen LogP contribution < -0.4 is 5.32 Å². The molecule has 25 heavy (non-hydrogen) atoms. The Morgan fingerprint density at radius 3 is 3.04 bits per heavy atom. The van der Waals surface area contributed by atoms with Gasteiger partial charge >= 0.3 is 0 Å². The van der Waals surface area contributed by atoms with Crippen molar-refractivity contribution in [3.63, 3.8) is 0 Å². The molecule has 2 aliphatic rings. The second kappa shape index (κ2) is 6.97. The molecule has 1 N–H and O–H groups in total. The second-order valence-electron chi connectivity index (χ2n) is 6.71. The predicted molar refractivity (Wildman–Crippen MR) is 91.1 cm³/mol. The average molecular weight is 344 g/mol. The molecule has 2 aromatic rings. The highest BCUT2D eigenvalue weighted by Gasteiger charge is 2.26. The molecule has 134 valence electrons. The van der Waals surface area contributed by atoms with Crippen LogP contribution in [0.1, 0.15) is 28.3 Å². The number of ether oxygens (including phenoxy) is 1. The van der Waals surface area contributed by atoms with Crippen LogP contribution in [0.15, 0.2) is 18.6 Å². The van der Waals surface area contributed by atoms with Crippen molar-refractivity contribution in [2.75, 3.05) is 26.3 Å². The Morgan fingerprint density at radius 1 is 1.36 bits per heavy atom. The average Bonchev–Trinajstić information content (AvgIpc) is 3.33. The first-order chi connectivity index (χ1) is 12.2. The number of aryl methyl sites for hydroxylation is 1. The van der Waals surface area contributed by atoms with Gasteiger partial charge in [0.1, 0.15) is 5.82 Å². The van der Waals surface area contributed by atoms with Gasteiger partial charge in [0, 0.05) is 51.9 Å². The third-order valence-corrected chi connectivity index (χ3v) is 5.07. The van der Waals surface area contributed by atoms with Gasteiger partial charge in [-0.3, -0.25) is 14.4 Å². The molecular formula is C17H24N6O2. The number of imidazole rings is 1. The highest BCUT2D eigenvalue weighted by atomic mass is 16.5. The fraction of sp³-hybridized carbons (Fsp3) is 0.588. The number of nitrogens with one attached hydrogen (secondary N) is 1. The number of carbonyl (C=O) groups is 1. The molecule has 0 radical (unpaired) electrons. The smallest absolute Gasteiger partial charge is 0.254 e. The summed E-state index contributed by atoms with van der Waals surface area (Å²) >= 11 is 0. The van der Waals surface area contributed by atoms with Gasteiger partial charge in [0.15, 0.2) is 0 Å². The summed E-state index contributed by atoms with van der Waals surface area (Å²) in [6.07, 6.45) is 7.23. The maximum Gasteiger partial charge on any atom is 0.254 e. The van der Waals surface area contributed by atoms with Gasteiger partial charge < -0.3 is 14.6 Å². The Bertz CT molecular complexity index is 746. The molecule has 2 aliphatic heterocycles. The summed E-state index contributed by atoms with van der Waals surface area (Å²) in [6.45, 7) is 5.12. The topological polar surface area (TPSA) is 77.2 Å². The van der Waals surface area contributed by atoms with Crippen LogP contribution >= 0.6 is 0 Å². The number of rotatable bonds is 4. The maximum absolute atomic E-state index is 12.2. The number of amides is 1. The molecular weight excluding hydrogens is 320 g/mol. The number of fused-ring (bicyclic) bond motifs is 1. The van der Waals surface area contributed by atoms with Crippen LogP contribution in [0.5, 0.6) is 0 Å². The van der Waals surface area contributed by atoms with Gasteiger partial charge in [-0.15, -0.1) is 0 Å². The summed E-state index contributed by atoms with van der Waals surface area (Å²) in [5, 5.41) is 7.00. The lowest BCUT2D eigenvalue weighted by Crippen LogP contribution is -2.37. The van der Waals surface area contributed by atoms with Crippen molar-refractivity contribution in [1.82, 2.24) is 29.5 Å². The lowest BCUT2D eigenvalue weighted by molar-refractivity contribution is 0.0950. The van der Waals surface area contributed by atoms with Gasteiger partial charge in [-0.2, -0.15) is 5.10 Å². The predicted octanol–water partition coefficient (Wildman–Crippen LogP) is 0.194. The second-order valence-corrected chi connectivity index (χ2v) is 6.71. The Balaban J connectivity index is 1.39. The van der Waals surface area contributed by atoms with E-state index in [9.17, 15) is 4.79 Å². The van der Waals surface area contributed by atoms with Crippen molar-refractivity contribution in [3.05, 3.63) is 35.7 Å². The van der Waals surface area contributed by atoms with Crippen molar-refractivity contribution in [2.24, 2.45) is 7.05 Å². The minimum atomic E-state index is -0.109. The Kier molecular flexibility index (Phi) is 4.54. The monoisotopic (exact) mass is 344 g/mol. The highest BCUT2D eigenvalue weighted by molar-refractivity contribution is 5.93. The van der Waals surface area contributed by atoms with Crippen molar-refractivity contribution < 1.29 is 9.53 Å². The molecule has 4 heterocycles. The van der Waals surface area contributed by atoms with Crippen molar-refractivity contribution in [3.8, 4) is 0 Å². The maximum atomic E-state index is 12.2. The van der Waals surface area contributed by atoms with Crippen molar-refractivity contribution >= 4 is 5.91 Å². The van der Waals surface area contributed by atoms with E-state index in [-0.39, 0.29) is 5.91 Å². The van der Waals surface area contributed by atoms with Crippen molar-refractivity contribution in [1.29, 1.82) is 0 Å². The normalized spacial score (nSPS) is 21.1. The molecule has 4 rings (SSSR count). The minimum Gasteiger partial charge on any atom is -0.380 e. The zero-order valence-electron chi connectivity index (χ0n) is 14.5. The lowest BCUT2D eigenvalue weighted by Gasteiger charge is -2.25. The molecule has 8 nitrogen and oxygen atoms in total. The number of nitrogens with zero attached hydrogens (tertiary/aromatic N) is 5.